The van der Waals surface area contributed by atoms with Crippen LogP contribution in [-0.4, -0.2) is 17.5 Å². The summed E-state index contributed by atoms with van der Waals surface area (Å²) in [7, 11) is 0. The minimum atomic E-state index is -0.0890. The second kappa shape index (κ2) is 3.11. The molecule has 3 aliphatic rings. The predicted octanol–water partition coefficient (Wildman–Crippen LogP) is 2.63. The molecular formula is C15H20O2. The molecule has 2 atom stereocenters. The van der Waals surface area contributed by atoms with Crippen LogP contribution in [0.1, 0.15) is 40.0 Å². The maximum atomic E-state index is 12.4. The fourth-order valence-electron chi connectivity index (χ4n) is 4.01. The van der Waals surface area contributed by atoms with Crippen molar-refractivity contribution in [1.29, 1.82) is 0 Å². The SMILES string of the molecule is CC1(C)C=C2C(=O)C(CO)=C3CC[C@@]3(C)[C@@H]2C1. The van der Waals surface area contributed by atoms with Crippen molar-refractivity contribution in [2.45, 2.75) is 40.0 Å². The van der Waals surface area contributed by atoms with Gasteiger partial charge in [0.2, 0.25) is 0 Å². The first-order valence-electron chi connectivity index (χ1n) is 6.50. The highest BCUT2D eigenvalue weighted by molar-refractivity contribution is 6.11. The van der Waals surface area contributed by atoms with Crippen LogP contribution < -0.4 is 0 Å². The van der Waals surface area contributed by atoms with Crippen LogP contribution in [0.25, 0.3) is 0 Å². The lowest BCUT2D eigenvalue weighted by Gasteiger charge is -2.51. The molecule has 0 aliphatic heterocycles. The topological polar surface area (TPSA) is 37.3 Å². The molecule has 3 aliphatic carbocycles. The highest BCUT2D eigenvalue weighted by Crippen LogP contribution is 2.63. The highest BCUT2D eigenvalue weighted by Gasteiger charge is 2.55. The van der Waals surface area contributed by atoms with Gasteiger partial charge in [0.05, 0.1) is 6.61 Å². The highest BCUT2D eigenvalue weighted by atomic mass is 16.3. The van der Waals surface area contributed by atoms with Crippen molar-refractivity contribution in [3.8, 4) is 0 Å². The lowest BCUT2D eigenvalue weighted by molar-refractivity contribution is -0.114. The summed E-state index contributed by atoms with van der Waals surface area (Å²) in [4.78, 5) is 12.4. The van der Waals surface area contributed by atoms with E-state index >= 15 is 0 Å². The van der Waals surface area contributed by atoms with Crippen LogP contribution in [0.5, 0.6) is 0 Å². The van der Waals surface area contributed by atoms with Crippen molar-refractivity contribution in [1.82, 2.24) is 0 Å². The lowest BCUT2D eigenvalue weighted by Crippen LogP contribution is -2.44. The molecule has 0 aromatic carbocycles. The largest absolute Gasteiger partial charge is 0.392 e. The number of rotatable bonds is 1. The average molecular weight is 232 g/mol. The van der Waals surface area contributed by atoms with E-state index < -0.39 is 0 Å². The summed E-state index contributed by atoms with van der Waals surface area (Å²) in [6.07, 6.45) is 5.39. The Kier molecular flexibility index (Phi) is 2.05. The van der Waals surface area contributed by atoms with Crippen LogP contribution in [0.2, 0.25) is 0 Å². The zero-order valence-corrected chi connectivity index (χ0v) is 10.8. The van der Waals surface area contributed by atoms with Crippen molar-refractivity contribution < 1.29 is 9.90 Å². The molecule has 1 N–H and O–H groups in total. The molecule has 0 saturated heterocycles. The molecule has 0 heterocycles. The smallest absolute Gasteiger partial charge is 0.187 e. The van der Waals surface area contributed by atoms with Crippen LogP contribution >= 0.6 is 0 Å². The monoisotopic (exact) mass is 232 g/mol. The Bertz CT molecular complexity index is 467. The zero-order valence-electron chi connectivity index (χ0n) is 10.8. The van der Waals surface area contributed by atoms with E-state index in [-0.39, 0.29) is 23.2 Å². The standard InChI is InChI=1S/C15H20O2/c1-14(2)6-9-12(7-14)15(3)5-4-11(15)10(8-16)13(9)17/h6,12,16H,4-5,7-8H2,1-3H3/t12-,15-/m1/s1. The maximum absolute atomic E-state index is 12.4. The third kappa shape index (κ3) is 1.28. The van der Waals surface area contributed by atoms with Gasteiger partial charge in [0.25, 0.3) is 0 Å². The lowest BCUT2D eigenvalue weighted by atomic mass is 9.52. The van der Waals surface area contributed by atoms with E-state index in [1.165, 1.54) is 5.57 Å². The first kappa shape index (κ1) is 11.2. The first-order chi connectivity index (χ1) is 7.89. The molecule has 3 rings (SSSR count). The van der Waals surface area contributed by atoms with Gasteiger partial charge in [0.15, 0.2) is 5.78 Å². The molecule has 0 aromatic rings. The molecule has 92 valence electrons. The molecular weight excluding hydrogens is 212 g/mol. The molecule has 0 unspecified atom stereocenters. The Morgan fingerprint density at radius 3 is 2.65 bits per heavy atom. The molecule has 2 nitrogen and oxygen atoms in total. The zero-order chi connectivity index (χ0) is 12.4. The van der Waals surface area contributed by atoms with E-state index in [0.29, 0.717) is 11.5 Å². The van der Waals surface area contributed by atoms with E-state index in [4.69, 9.17) is 0 Å². The summed E-state index contributed by atoms with van der Waals surface area (Å²) in [5.74, 6) is 0.513. The van der Waals surface area contributed by atoms with E-state index in [2.05, 4.69) is 26.8 Å². The Labute approximate surface area is 102 Å². The second-order valence-corrected chi connectivity index (χ2v) is 6.71. The third-order valence-electron chi connectivity index (χ3n) is 5.06. The van der Waals surface area contributed by atoms with Gasteiger partial charge in [-0.3, -0.25) is 4.79 Å². The number of aliphatic hydroxyl groups is 1. The van der Waals surface area contributed by atoms with E-state index in [1.54, 1.807) is 0 Å². The van der Waals surface area contributed by atoms with Crippen LogP contribution in [0.15, 0.2) is 22.8 Å². The Morgan fingerprint density at radius 1 is 1.41 bits per heavy atom. The molecule has 1 fully saturated rings. The quantitative estimate of drug-likeness (QED) is 0.754. The number of Topliss-reactive ketones (excluding diaryl/α,β-unsaturated/α-hetero) is 1. The average Bonchev–Trinajstić information content (AvgIpc) is 2.57. The molecule has 0 radical (unpaired) electrons. The number of ketones is 1. The summed E-state index contributed by atoms with van der Waals surface area (Å²) in [5.41, 5.74) is 3.20. The number of aliphatic hydroxyl groups excluding tert-OH is 1. The number of fused-ring (bicyclic) bond motifs is 3. The Morgan fingerprint density at radius 2 is 2.12 bits per heavy atom. The summed E-state index contributed by atoms with van der Waals surface area (Å²) in [6.45, 7) is 6.58. The summed E-state index contributed by atoms with van der Waals surface area (Å²) >= 11 is 0. The Hall–Kier alpha value is -0.890. The van der Waals surface area contributed by atoms with E-state index in [9.17, 15) is 9.90 Å². The van der Waals surface area contributed by atoms with Gasteiger partial charge in [-0.15, -0.1) is 0 Å². The number of allylic oxidation sites excluding steroid dienone is 3. The van der Waals surface area contributed by atoms with Gasteiger partial charge in [-0.25, -0.2) is 0 Å². The van der Waals surface area contributed by atoms with Gasteiger partial charge < -0.3 is 5.11 Å². The minimum absolute atomic E-state index is 0.0890. The molecule has 2 heteroatoms. The first-order valence-corrected chi connectivity index (χ1v) is 6.50. The van der Waals surface area contributed by atoms with Crippen molar-refractivity contribution in [3.63, 3.8) is 0 Å². The van der Waals surface area contributed by atoms with Crippen molar-refractivity contribution in [3.05, 3.63) is 22.8 Å². The van der Waals surface area contributed by atoms with Gasteiger partial charge in [-0.2, -0.15) is 0 Å². The Balaban J connectivity index is 2.14. The number of carbonyl (C=O) groups is 1. The van der Waals surface area contributed by atoms with Crippen molar-refractivity contribution in [2.75, 3.05) is 6.61 Å². The molecule has 0 spiro atoms. The van der Waals surface area contributed by atoms with Gasteiger partial charge in [-0.1, -0.05) is 32.4 Å². The summed E-state index contributed by atoms with van der Waals surface area (Å²) in [6, 6.07) is 0. The number of hydrogen-bond donors (Lipinski definition) is 1. The fraction of sp³-hybridized carbons (Fsp3) is 0.667. The fourth-order valence-corrected chi connectivity index (χ4v) is 4.01. The van der Waals surface area contributed by atoms with Gasteiger partial charge in [0, 0.05) is 11.1 Å². The van der Waals surface area contributed by atoms with Gasteiger partial charge in [0.1, 0.15) is 0 Å². The molecule has 0 amide bonds. The summed E-state index contributed by atoms with van der Waals surface area (Å²) in [5, 5.41) is 9.44. The van der Waals surface area contributed by atoms with Crippen LogP contribution in [0, 0.1) is 16.7 Å². The number of hydrogen-bond acceptors (Lipinski definition) is 2. The maximum Gasteiger partial charge on any atom is 0.187 e. The normalized spacial score (nSPS) is 38.5. The minimum Gasteiger partial charge on any atom is -0.392 e. The van der Waals surface area contributed by atoms with Crippen LogP contribution in [-0.2, 0) is 4.79 Å². The van der Waals surface area contributed by atoms with Gasteiger partial charge >= 0.3 is 0 Å². The summed E-state index contributed by atoms with van der Waals surface area (Å²) < 4.78 is 0. The molecule has 0 bridgehead atoms. The van der Waals surface area contributed by atoms with Crippen molar-refractivity contribution in [2.24, 2.45) is 16.7 Å². The van der Waals surface area contributed by atoms with Crippen LogP contribution in [0.4, 0.5) is 0 Å². The van der Waals surface area contributed by atoms with Gasteiger partial charge in [-0.05, 0) is 36.0 Å². The third-order valence-corrected chi connectivity index (χ3v) is 5.06. The number of carbonyl (C=O) groups excluding carboxylic acids is 1. The van der Waals surface area contributed by atoms with E-state index in [0.717, 1.165) is 24.8 Å². The second-order valence-electron chi connectivity index (χ2n) is 6.71. The molecule has 17 heavy (non-hydrogen) atoms. The van der Waals surface area contributed by atoms with Crippen LogP contribution in [0.3, 0.4) is 0 Å². The predicted molar refractivity (Wildman–Crippen MR) is 66.4 cm³/mol. The van der Waals surface area contributed by atoms with E-state index in [1.807, 2.05) is 0 Å². The molecule has 0 aromatic heterocycles. The molecule has 1 saturated carbocycles. The van der Waals surface area contributed by atoms with Crippen molar-refractivity contribution >= 4 is 5.78 Å².